The molecule has 0 bridgehead atoms. The lowest BCUT2D eigenvalue weighted by molar-refractivity contribution is -0.144. The summed E-state index contributed by atoms with van der Waals surface area (Å²) >= 11 is 0. The predicted octanol–water partition coefficient (Wildman–Crippen LogP) is 1.14. The summed E-state index contributed by atoms with van der Waals surface area (Å²) in [6.45, 7) is 3.75. The van der Waals surface area contributed by atoms with E-state index in [1.807, 2.05) is 43.1 Å². The highest BCUT2D eigenvalue weighted by atomic mass is 16.5. The smallest absolute Gasteiger partial charge is 0.320 e. The molecule has 4 nitrogen and oxygen atoms in total. The first-order chi connectivity index (χ1) is 8.17. The van der Waals surface area contributed by atoms with Crippen molar-refractivity contribution in [3.8, 4) is 0 Å². The summed E-state index contributed by atoms with van der Waals surface area (Å²) in [5.74, 6) is -0.194. The topological polar surface area (TPSA) is 55.6 Å². The van der Waals surface area contributed by atoms with E-state index in [-0.39, 0.29) is 5.97 Å². The van der Waals surface area contributed by atoms with Crippen LogP contribution in [-0.4, -0.2) is 31.1 Å². The second-order valence-electron chi connectivity index (χ2n) is 3.95. The molecule has 1 aromatic rings. The number of hydrogen-bond donors (Lipinski definition) is 1. The number of nitrogens with two attached hydrogens (primary N) is 1. The third kappa shape index (κ3) is 4.54. The van der Waals surface area contributed by atoms with Crippen molar-refractivity contribution >= 4 is 5.97 Å². The van der Waals surface area contributed by atoms with Crippen LogP contribution < -0.4 is 5.73 Å². The molecule has 0 spiro atoms. The van der Waals surface area contributed by atoms with E-state index >= 15 is 0 Å². The van der Waals surface area contributed by atoms with Crippen LogP contribution in [0.5, 0.6) is 0 Å². The summed E-state index contributed by atoms with van der Waals surface area (Å²) in [4.78, 5) is 13.2. The van der Waals surface area contributed by atoms with Crippen LogP contribution in [0, 0.1) is 0 Å². The Bertz CT molecular complexity index is 366. The number of esters is 1. The van der Waals surface area contributed by atoms with E-state index in [0.29, 0.717) is 26.2 Å². The van der Waals surface area contributed by atoms with Gasteiger partial charge in [-0.2, -0.15) is 0 Å². The summed E-state index contributed by atoms with van der Waals surface area (Å²) in [7, 11) is 1.89. The Kier molecular flexibility index (Phi) is 5.66. The fourth-order valence-electron chi connectivity index (χ4n) is 1.68. The number of benzene rings is 1. The molecule has 0 fully saturated rings. The van der Waals surface area contributed by atoms with Gasteiger partial charge in [-0.15, -0.1) is 0 Å². The van der Waals surface area contributed by atoms with Gasteiger partial charge in [0.2, 0.25) is 0 Å². The minimum absolute atomic E-state index is 0.194. The Morgan fingerprint density at radius 3 is 2.59 bits per heavy atom. The molecular formula is C13H20N2O2. The molecular weight excluding hydrogens is 216 g/mol. The SMILES string of the molecule is CCOC(=O)CN(C)Cc1ccccc1CN. The number of nitrogens with zero attached hydrogens (tertiary/aromatic N) is 1. The Labute approximate surface area is 102 Å². The molecule has 1 rings (SSSR count). The summed E-state index contributed by atoms with van der Waals surface area (Å²) in [6, 6.07) is 7.99. The van der Waals surface area contributed by atoms with Crippen molar-refractivity contribution in [2.24, 2.45) is 5.73 Å². The predicted molar refractivity (Wildman–Crippen MR) is 67.3 cm³/mol. The van der Waals surface area contributed by atoms with Crippen LogP contribution >= 0.6 is 0 Å². The van der Waals surface area contributed by atoms with Gasteiger partial charge in [0.15, 0.2) is 0 Å². The van der Waals surface area contributed by atoms with Crippen molar-refractivity contribution < 1.29 is 9.53 Å². The number of likely N-dealkylation sites (N-methyl/N-ethyl adjacent to an activating group) is 1. The number of carbonyl (C=O) groups excluding carboxylic acids is 1. The highest BCUT2D eigenvalue weighted by Crippen LogP contribution is 2.10. The first kappa shape index (κ1) is 13.7. The molecule has 0 heterocycles. The van der Waals surface area contributed by atoms with Gasteiger partial charge in [-0.25, -0.2) is 0 Å². The summed E-state index contributed by atoms with van der Waals surface area (Å²) < 4.78 is 4.90. The van der Waals surface area contributed by atoms with Crippen LogP contribution in [0.3, 0.4) is 0 Å². The van der Waals surface area contributed by atoms with Gasteiger partial charge < -0.3 is 10.5 Å². The van der Waals surface area contributed by atoms with Gasteiger partial charge in [-0.1, -0.05) is 24.3 Å². The molecule has 1 aromatic carbocycles. The molecule has 0 amide bonds. The van der Waals surface area contributed by atoms with Crippen LogP contribution in [0.2, 0.25) is 0 Å². The molecule has 17 heavy (non-hydrogen) atoms. The standard InChI is InChI=1S/C13H20N2O2/c1-3-17-13(16)10-15(2)9-12-7-5-4-6-11(12)8-14/h4-7H,3,8-10,14H2,1-2H3. The van der Waals surface area contributed by atoms with E-state index < -0.39 is 0 Å². The Morgan fingerprint density at radius 2 is 2.00 bits per heavy atom. The van der Waals surface area contributed by atoms with E-state index in [4.69, 9.17) is 10.5 Å². The maximum Gasteiger partial charge on any atom is 0.320 e. The average molecular weight is 236 g/mol. The van der Waals surface area contributed by atoms with E-state index in [2.05, 4.69) is 0 Å². The number of hydrogen-bond acceptors (Lipinski definition) is 4. The van der Waals surface area contributed by atoms with Crippen molar-refractivity contribution in [2.45, 2.75) is 20.0 Å². The second-order valence-corrected chi connectivity index (χ2v) is 3.95. The maximum absolute atomic E-state index is 11.3. The third-order valence-corrected chi connectivity index (χ3v) is 2.48. The largest absolute Gasteiger partial charge is 0.465 e. The molecule has 0 aliphatic carbocycles. The number of rotatable bonds is 6. The zero-order valence-corrected chi connectivity index (χ0v) is 10.5. The Morgan fingerprint density at radius 1 is 1.35 bits per heavy atom. The molecule has 0 atom stereocenters. The Hall–Kier alpha value is -1.39. The van der Waals surface area contributed by atoms with E-state index in [9.17, 15) is 4.79 Å². The van der Waals surface area contributed by atoms with E-state index in [0.717, 1.165) is 11.1 Å². The normalized spacial score (nSPS) is 10.6. The lowest BCUT2D eigenvalue weighted by atomic mass is 10.1. The number of carbonyl (C=O) groups is 1. The van der Waals surface area contributed by atoms with Crippen LogP contribution in [-0.2, 0) is 22.6 Å². The molecule has 0 aliphatic heterocycles. The molecule has 0 radical (unpaired) electrons. The quantitative estimate of drug-likeness (QED) is 0.753. The minimum atomic E-state index is -0.194. The molecule has 0 saturated heterocycles. The highest BCUT2D eigenvalue weighted by molar-refractivity contribution is 5.71. The van der Waals surface area contributed by atoms with Crippen LogP contribution in [0.4, 0.5) is 0 Å². The molecule has 4 heteroatoms. The fraction of sp³-hybridized carbons (Fsp3) is 0.462. The fourth-order valence-corrected chi connectivity index (χ4v) is 1.68. The molecule has 2 N–H and O–H groups in total. The summed E-state index contributed by atoms with van der Waals surface area (Å²) in [5.41, 5.74) is 7.93. The third-order valence-electron chi connectivity index (χ3n) is 2.48. The molecule has 94 valence electrons. The van der Waals surface area contributed by atoms with Gasteiger partial charge in [0.1, 0.15) is 0 Å². The van der Waals surface area contributed by atoms with Gasteiger partial charge in [-0.3, -0.25) is 9.69 Å². The molecule has 0 aliphatic rings. The molecule has 0 aromatic heterocycles. The monoisotopic (exact) mass is 236 g/mol. The van der Waals surface area contributed by atoms with Gasteiger partial charge >= 0.3 is 5.97 Å². The van der Waals surface area contributed by atoms with Gasteiger partial charge in [0.05, 0.1) is 13.2 Å². The second kappa shape index (κ2) is 7.04. The van der Waals surface area contributed by atoms with Crippen molar-refractivity contribution in [1.29, 1.82) is 0 Å². The molecule has 0 unspecified atom stereocenters. The first-order valence-corrected chi connectivity index (χ1v) is 5.78. The van der Waals surface area contributed by atoms with E-state index in [1.54, 1.807) is 0 Å². The average Bonchev–Trinajstić information content (AvgIpc) is 2.29. The maximum atomic E-state index is 11.3. The van der Waals surface area contributed by atoms with Gasteiger partial charge in [0, 0.05) is 13.1 Å². The molecule has 0 saturated carbocycles. The van der Waals surface area contributed by atoms with Crippen LogP contribution in [0.15, 0.2) is 24.3 Å². The van der Waals surface area contributed by atoms with Crippen LogP contribution in [0.1, 0.15) is 18.1 Å². The summed E-state index contributed by atoms with van der Waals surface area (Å²) in [6.07, 6.45) is 0. The van der Waals surface area contributed by atoms with Gasteiger partial charge in [0.25, 0.3) is 0 Å². The lowest BCUT2D eigenvalue weighted by Gasteiger charge is -2.17. The van der Waals surface area contributed by atoms with E-state index in [1.165, 1.54) is 0 Å². The zero-order valence-electron chi connectivity index (χ0n) is 10.5. The van der Waals surface area contributed by atoms with Crippen molar-refractivity contribution in [1.82, 2.24) is 4.90 Å². The number of ether oxygens (including phenoxy) is 1. The van der Waals surface area contributed by atoms with Crippen molar-refractivity contribution in [2.75, 3.05) is 20.2 Å². The van der Waals surface area contributed by atoms with Gasteiger partial charge in [-0.05, 0) is 25.1 Å². The summed E-state index contributed by atoms with van der Waals surface area (Å²) in [5, 5.41) is 0. The highest BCUT2D eigenvalue weighted by Gasteiger charge is 2.09. The van der Waals surface area contributed by atoms with Crippen molar-refractivity contribution in [3.05, 3.63) is 35.4 Å². The van der Waals surface area contributed by atoms with Crippen LogP contribution in [0.25, 0.3) is 0 Å². The minimum Gasteiger partial charge on any atom is -0.465 e. The lowest BCUT2D eigenvalue weighted by Crippen LogP contribution is -2.27. The Balaban J connectivity index is 2.55. The van der Waals surface area contributed by atoms with Crippen molar-refractivity contribution in [3.63, 3.8) is 0 Å². The zero-order chi connectivity index (χ0) is 12.7. The first-order valence-electron chi connectivity index (χ1n) is 5.78.